The van der Waals surface area contributed by atoms with E-state index < -0.39 is 8.32 Å². The van der Waals surface area contributed by atoms with E-state index in [0.29, 0.717) is 35.2 Å². The van der Waals surface area contributed by atoms with Crippen molar-refractivity contribution in [2.24, 2.45) is 29.1 Å². The largest absolute Gasteiger partial charge is 0.416 e. The summed E-state index contributed by atoms with van der Waals surface area (Å²) in [6, 6.07) is 0. The third kappa shape index (κ3) is 4.73. The molecule has 166 valence electrons. The Hall–Kier alpha value is -0.483. The van der Waals surface area contributed by atoms with Crippen molar-refractivity contribution < 1.29 is 14.0 Å². The number of ketones is 2. The van der Waals surface area contributed by atoms with E-state index in [1.54, 1.807) is 0 Å². The molecule has 0 N–H and O–H groups in total. The molecule has 4 heteroatoms. The van der Waals surface area contributed by atoms with Crippen LogP contribution in [0.5, 0.6) is 0 Å². The molecular weight excluding hydrogens is 376 g/mol. The van der Waals surface area contributed by atoms with Gasteiger partial charge in [0.2, 0.25) is 0 Å². The molecule has 0 aromatic rings. The Labute approximate surface area is 179 Å². The normalized spacial score (nSPS) is 37.2. The van der Waals surface area contributed by atoms with Crippen LogP contribution >= 0.6 is 0 Å². The van der Waals surface area contributed by atoms with Crippen LogP contribution in [0.2, 0.25) is 18.1 Å². The van der Waals surface area contributed by atoms with Crippen LogP contribution in [0.15, 0.2) is 0 Å². The van der Waals surface area contributed by atoms with Gasteiger partial charge in [0, 0.05) is 32.3 Å². The summed E-state index contributed by atoms with van der Waals surface area (Å²) in [5, 5.41) is 0.204. The second-order valence-electron chi connectivity index (χ2n) is 12.0. The number of carbonyl (C=O) groups excluding carboxylic acids is 2. The second-order valence-corrected chi connectivity index (χ2v) is 16.8. The summed E-state index contributed by atoms with van der Waals surface area (Å²) in [7, 11) is -1.84. The molecule has 0 heterocycles. The topological polar surface area (TPSA) is 43.4 Å². The van der Waals surface area contributed by atoms with E-state index in [4.69, 9.17) is 4.43 Å². The van der Waals surface area contributed by atoms with Gasteiger partial charge in [-0.25, -0.2) is 0 Å². The SMILES string of the molecule is C[C@H]1CCC(=O)CCC[C@H]2[C@H]1CC[C@H]1CC(=O)CC[C@@]12CO[Si](C)(C)C(C)(C)C. The summed E-state index contributed by atoms with van der Waals surface area (Å²) in [6.45, 7) is 14.9. The fraction of sp³-hybridized carbons (Fsp3) is 0.920. The molecule has 3 fully saturated rings. The maximum Gasteiger partial charge on any atom is 0.192 e. The quantitative estimate of drug-likeness (QED) is 0.486. The smallest absolute Gasteiger partial charge is 0.192 e. The molecule has 29 heavy (non-hydrogen) atoms. The van der Waals surface area contributed by atoms with E-state index >= 15 is 0 Å². The lowest BCUT2D eigenvalue weighted by Crippen LogP contribution is -2.55. The molecule has 0 amide bonds. The van der Waals surface area contributed by atoms with Gasteiger partial charge in [-0.3, -0.25) is 9.59 Å². The van der Waals surface area contributed by atoms with Gasteiger partial charge in [0.05, 0.1) is 0 Å². The van der Waals surface area contributed by atoms with E-state index in [-0.39, 0.29) is 10.5 Å². The summed E-state index contributed by atoms with van der Waals surface area (Å²) >= 11 is 0. The van der Waals surface area contributed by atoms with Crippen LogP contribution in [0.1, 0.15) is 91.9 Å². The van der Waals surface area contributed by atoms with Crippen molar-refractivity contribution in [3.8, 4) is 0 Å². The molecule has 3 aliphatic rings. The fourth-order valence-corrected chi connectivity index (χ4v) is 7.38. The minimum Gasteiger partial charge on any atom is -0.416 e. The zero-order chi connectivity index (χ0) is 21.4. The van der Waals surface area contributed by atoms with Gasteiger partial charge in [-0.15, -0.1) is 0 Å². The Morgan fingerprint density at radius 1 is 1.00 bits per heavy atom. The highest BCUT2D eigenvalue weighted by Crippen LogP contribution is 2.59. The molecule has 0 unspecified atom stereocenters. The average molecular weight is 421 g/mol. The molecule has 3 saturated carbocycles. The van der Waals surface area contributed by atoms with Crippen molar-refractivity contribution in [1.82, 2.24) is 0 Å². The highest BCUT2D eigenvalue weighted by molar-refractivity contribution is 6.74. The first-order chi connectivity index (χ1) is 13.5. The zero-order valence-electron chi connectivity index (χ0n) is 19.8. The van der Waals surface area contributed by atoms with Gasteiger partial charge in [0.25, 0.3) is 0 Å². The van der Waals surface area contributed by atoms with Crippen molar-refractivity contribution in [2.75, 3.05) is 6.61 Å². The van der Waals surface area contributed by atoms with Crippen LogP contribution in [0.4, 0.5) is 0 Å². The van der Waals surface area contributed by atoms with Crippen molar-refractivity contribution in [3.05, 3.63) is 0 Å². The Morgan fingerprint density at radius 3 is 2.41 bits per heavy atom. The molecule has 0 radical (unpaired) electrons. The minimum absolute atomic E-state index is 0.147. The number of fused-ring (bicyclic) bond motifs is 3. The minimum atomic E-state index is -1.84. The highest BCUT2D eigenvalue weighted by Gasteiger charge is 2.55. The van der Waals surface area contributed by atoms with E-state index in [1.807, 2.05) is 0 Å². The molecule has 3 rings (SSSR count). The molecule has 0 aliphatic heterocycles. The fourth-order valence-electron chi connectivity index (χ4n) is 6.31. The molecular formula is C25H44O3Si. The Bertz CT molecular complexity index is 620. The Kier molecular flexibility index (Phi) is 6.85. The number of Topliss-reactive ketones (excluding diaryl/α,β-unsaturated/α-hetero) is 2. The van der Waals surface area contributed by atoms with Gasteiger partial charge in [-0.1, -0.05) is 27.7 Å². The van der Waals surface area contributed by atoms with Gasteiger partial charge < -0.3 is 4.43 Å². The molecule has 0 aromatic heterocycles. The lowest BCUT2D eigenvalue weighted by molar-refractivity contribution is -0.138. The predicted molar refractivity (Wildman–Crippen MR) is 121 cm³/mol. The summed E-state index contributed by atoms with van der Waals surface area (Å²) in [5.41, 5.74) is 0.147. The number of rotatable bonds is 3. The zero-order valence-corrected chi connectivity index (χ0v) is 20.8. The van der Waals surface area contributed by atoms with Crippen molar-refractivity contribution in [3.63, 3.8) is 0 Å². The third-order valence-corrected chi connectivity index (χ3v) is 13.8. The predicted octanol–water partition coefficient (Wildman–Crippen LogP) is 6.56. The van der Waals surface area contributed by atoms with Gasteiger partial charge in [0.15, 0.2) is 8.32 Å². The van der Waals surface area contributed by atoms with Crippen LogP contribution in [0, 0.1) is 29.1 Å². The van der Waals surface area contributed by atoms with Crippen LogP contribution in [-0.4, -0.2) is 26.5 Å². The molecule has 0 bridgehead atoms. The summed E-state index contributed by atoms with van der Waals surface area (Å²) < 4.78 is 6.90. The molecule has 3 aliphatic carbocycles. The van der Waals surface area contributed by atoms with Crippen molar-refractivity contribution in [1.29, 1.82) is 0 Å². The highest BCUT2D eigenvalue weighted by atomic mass is 28.4. The molecule has 0 aromatic carbocycles. The number of carbonyl (C=O) groups is 2. The second kappa shape index (κ2) is 8.57. The maximum atomic E-state index is 12.4. The van der Waals surface area contributed by atoms with Gasteiger partial charge in [0.1, 0.15) is 11.6 Å². The van der Waals surface area contributed by atoms with Gasteiger partial charge in [-0.05, 0) is 85.7 Å². The summed E-state index contributed by atoms with van der Waals surface area (Å²) in [4.78, 5) is 24.6. The van der Waals surface area contributed by atoms with E-state index in [2.05, 4.69) is 40.8 Å². The molecule has 5 atom stereocenters. The monoisotopic (exact) mass is 420 g/mol. The third-order valence-electron chi connectivity index (χ3n) is 9.35. The maximum absolute atomic E-state index is 12.4. The number of hydrogen-bond donors (Lipinski definition) is 0. The summed E-state index contributed by atoms with van der Waals surface area (Å²) in [6.07, 6.45) is 9.63. The first-order valence-electron chi connectivity index (χ1n) is 12.1. The summed E-state index contributed by atoms with van der Waals surface area (Å²) in [5.74, 6) is 3.30. The molecule has 0 spiro atoms. The average Bonchev–Trinajstić information content (AvgIpc) is 2.70. The Morgan fingerprint density at radius 2 is 1.72 bits per heavy atom. The lowest BCUT2D eigenvalue weighted by Gasteiger charge is -2.57. The molecule has 0 saturated heterocycles. The van der Waals surface area contributed by atoms with E-state index in [0.717, 1.165) is 58.0 Å². The van der Waals surface area contributed by atoms with Crippen molar-refractivity contribution in [2.45, 2.75) is 110 Å². The molecule has 3 nitrogen and oxygen atoms in total. The Balaban J connectivity index is 1.92. The first-order valence-corrected chi connectivity index (χ1v) is 15.0. The van der Waals surface area contributed by atoms with Gasteiger partial charge >= 0.3 is 0 Å². The first kappa shape index (κ1) is 23.2. The van der Waals surface area contributed by atoms with Crippen LogP contribution in [-0.2, 0) is 14.0 Å². The standard InChI is InChI=1S/C25H44O3Si/c1-18-10-12-20(26)8-7-9-23-22(18)13-11-19-16-21(27)14-15-25(19,23)17-28-29(5,6)24(2,3)4/h18-19,22-23H,7-17H2,1-6H3/t18-,19-,22-,23-,25+/m0/s1. The van der Waals surface area contributed by atoms with Gasteiger partial charge in [-0.2, -0.15) is 0 Å². The number of hydrogen-bond acceptors (Lipinski definition) is 3. The van der Waals surface area contributed by atoms with E-state index in [9.17, 15) is 9.59 Å². The van der Waals surface area contributed by atoms with Crippen molar-refractivity contribution >= 4 is 19.9 Å². The lowest BCUT2D eigenvalue weighted by atomic mass is 9.49. The van der Waals surface area contributed by atoms with E-state index in [1.165, 1.54) is 12.8 Å². The van der Waals surface area contributed by atoms with Crippen LogP contribution in [0.3, 0.4) is 0 Å². The van der Waals surface area contributed by atoms with Crippen LogP contribution in [0.25, 0.3) is 0 Å². The van der Waals surface area contributed by atoms with Crippen LogP contribution < -0.4 is 0 Å².